The molecule has 0 heterocycles. The Balaban J connectivity index is 2.45. The van der Waals surface area contributed by atoms with Crippen molar-refractivity contribution in [2.75, 3.05) is 6.54 Å². The Kier molecular flexibility index (Phi) is 6.06. The molecule has 0 fully saturated rings. The molecule has 0 aromatic heterocycles. The average Bonchev–Trinajstić information content (AvgIpc) is 2.48. The van der Waals surface area contributed by atoms with Crippen LogP contribution in [0.15, 0.2) is 40.9 Å². The summed E-state index contributed by atoms with van der Waals surface area (Å²) in [6.45, 7) is 2.84. The molecule has 0 saturated heterocycles. The first-order valence-electron chi connectivity index (χ1n) is 6.66. The van der Waals surface area contributed by atoms with Gasteiger partial charge in [0.2, 0.25) is 0 Å². The van der Waals surface area contributed by atoms with Crippen molar-refractivity contribution in [3.63, 3.8) is 0 Å². The standard InChI is InChI=1S/C16H15BrCl2FN/c1-2-9-21-16(10-3-5-11(18)6-4-10)12-7-8-13(17)14(19)15(12)20/h3-8,16,21H,2,9H2,1H3. The Bertz CT molecular complexity index is 616. The van der Waals surface area contributed by atoms with Gasteiger partial charge in [-0.1, -0.05) is 48.3 Å². The molecule has 0 aliphatic rings. The van der Waals surface area contributed by atoms with Crippen LogP contribution >= 0.6 is 39.1 Å². The van der Waals surface area contributed by atoms with Crippen molar-refractivity contribution in [3.05, 3.63) is 67.9 Å². The quantitative estimate of drug-likeness (QED) is 0.618. The molecule has 112 valence electrons. The molecule has 21 heavy (non-hydrogen) atoms. The van der Waals surface area contributed by atoms with Crippen LogP contribution in [0.2, 0.25) is 10.0 Å². The largest absolute Gasteiger partial charge is 0.306 e. The second kappa shape index (κ2) is 7.59. The van der Waals surface area contributed by atoms with E-state index in [1.54, 1.807) is 24.3 Å². The van der Waals surface area contributed by atoms with Gasteiger partial charge in [0.15, 0.2) is 0 Å². The Hall–Kier alpha value is -0.610. The number of rotatable bonds is 5. The predicted octanol–water partition coefficient (Wildman–Crippen LogP) is 5.98. The average molecular weight is 391 g/mol. The predicted molar refractivity (Wildman–Crippen MR) is 90.7 cm³/mol. The molecular formula is C16H15BrCl2FN. The van der Waals surface area contributed by atoms with Gasteiger partial charge < -0.3 is 5.32 Å². The lowest BCUT2D eigenvalue weighted by molar-refractivity contribution is 0.546. The summed E-state index contributed by atoms with van der Waals surface area (Å²) in [6, 6.07) is 10.6. The Morgan fingerprint density at radius 3 is 2.43 bits per heavy atom. The lowest BCUT2D eigenvalue weighted by Gasteiger charge is -2.21. The van der Waals surface area contributed by atoms with Crippen LogP contribution in [0.5, 0.6) is 0 Å². The van der Waals surface area contributed by atoms with Crippen molar-refractivity contribution >= 4 is 39.1 Å². The van der Waals surface area contributed by atoms with E-state index >= 15 is 0 Å². The topological polar surface area (TPSA) is 12.0 Å². The highest BCUT2D eigenvalue weighted by atomic mass is 79.9. The SMILES string of the molecule is CCCNC(c1ccc(Cl)cc1)c1ccc(Br)c(Cl)c1F. The molecule has 2 rings (SSSR count). The molecule has 5 heteroatoms. The molecule has 0 saturated carbocycles. The summed E-state index contributed by atoms with van der Waals surface area (Å²) in [5.74, 6) is -0.408. The summed E-state index contributed by atoms with van der Waals surface area (Å²) >= 11 is 15.2. The summed E-state index contributed by atoms with van der Waals surface area (Å²) in [4.78, 5) is 0. The van der Waals surface area contributed by atoms with Gasteiger partial charge >= 0.3 is 0 Å². The minimum absolute atomic E-state index is 0.102. The molecular weight excluding hydrogens is 376 g/mol. The monoisotopic (exact) mass is 389 g/mol. The van der Waals surface area contributed by atoms with E-state index < -0.39 is 5.82 Å². The fraction of sp³-hybridized carbons (Fsp3) is 0.250. The number of hydrogen-bond donors (Lipinski definition) is 1. The Morgan fingerprint density at radius 2 is 1.81 bits per heavy atom. The third-order valence-electron chi connectivity index (χ3n) is 3.18. The van der Waals surface area contributed by atoms with Crippen LogP contribution < -0.4 is 5.32 Å². The second-order valence-corrected chi connectivity index (χ2v) is 6.37. The normalized spacial score (nSPS) is 12.4. The minimum atomic E-state index is -0.408. The molecule has 0 amide bonds. The van der Waals surface area contributed by atoms with Crippen molar-refractivity contribution in [3.8, 4) is 0 Å². The number of nitrogens with one attached hydrogen (secondary N) is 1. The van der Waals surface area contributed by atoms with Crippen LogP contribution in [0.1, 0.15) is 30.5 Å². The lowest BCUT2D eigenvalue weighted by Crippen LogP contribution is -2.24. The fourth-order valence-electron chi connectivity index (χ4n) is 2.12. The molecule has 2 aromatic rings. The van der Waals surface area contributed by atoms with Crippen LogP contribution in [-0.2, 0) is 0 Å². The Morgan fingerprint density at radius 1 is 1.14 bits per heavy atom. The van der Waals surface area contributed by atoms with Gasteiger partial charge in [-0.15, -0.1) is 0 Å². The van der Waals surface area contributed by atoms with Crippen molar-refractivity contribution in [2.24, 2.45) is 0 Å². The molecule has 1 nitrogen and oxygen atoms in total. The maximum Gasteiger partial charge on any atom is 0.148 e. The van der Waals surface area contributed by atoms with Gasteiger partial charge in [-0.05, 0) is 52.7 Å². The van der Waals surface area contributed by atoms with Gasteiger partial charge in [-0.3, -0.25) is 0 Å². The first kappa shape index (κ1) is 16.8. The number of benzene rings is 2. The van der Waals surface area contributed by atoms with E-state index in [0.717, 1.165) is 18.5 Å². The van der Waals surface area contributed by atoms with E-state index in [0.29, 0.717) is 15.1 Å². The van der Waals surface area contributed by atoms with Gasteiger partial charge in [-0.2, -0.15) is 0 Å². The molecule has 0 bridgehead atoms. The van der Waals surface area contributed by atoms with E-state index in [2.05, 4.69) is 28.2 Å². The molecule has 2 aromatic carbocycles. The molecule has 0 aliphatic heterocycles. The Labute approximate surface area is 142 Å². The third-order valence-corrected chi connectivity index (χ3v) is 4.69. The first-order chi connectivity index (χ1) is 10.0. The molecule has 0 spiro atoms. The molecule has 0 aliphatic carbocycles. The molecule has 1 atom stereocenters. The first-order valence-corrected chi connectivity index (χ1v) is 8.21. The summed E-state index contributed by atoms with van der Waals surface area (Å²) in [5.41, 5.74) is 1.48. The van der Waals surface area contributed by atoms with Crippen LogP contribution in [0, 0.1) is 5.82 Å². The third kappa shape index (κ3) is 3.98. The second-order valence-electron chi connectivity index (χ2n) is 4.70. The number of hydrogen-bond acceptors (Lipinski definition) is 1. The summed E-state index contributed by atoms with van der Waals surface area (Å²) in [6.07, 6.45) is 0.954. The van der Waals surface area contributed by atoms with Crippen LogP contribution in [-0.4, -0.2) is 6.54 Å². The van der Waals surface area contributed by atoms with Crippen molar-refractivity contribution in [1.82, 2.24) is 5.32 Å². The van der Waals surface area contributed by atoms with Crippen molar-refractivity contribution < 1.29 is 4.39 Å². The van der Waals surface area contributed by atoms with Gasteiger partial charge in [0.1, 0.15) is 5.82 Å². The van der Waals surface area contributed by atoms with Crippen LogP contribution in [0.3, 0.4) is 0 Å². The molecule has 1 unspecified atom stereocenters. The minimum Gasteiger partial charge on any atom is -0.306 e. The number of halogens is 4. The summed E-state index contributed by atoms with van der Waals surface area (Å²) in [5, 5.41) is 4.11. The maximum atomic E-state index is 14.5. The van der Waals surface area contributed by atoms with Gasteiger partial charge in [0.25, 0.3) is 0 Å². The highest BCUT2D eigenvalue weighted by Crippen LogP contribution is 2.33. The van der Waals surface area contributed by atoms with E-state index in [1.165, 1.54) is 0 Å². The molecule has 0 radical (unpaired) electrons. The van der Waals surface area contributed by atoms with Crippen LogP contribution in [0.25, 0.3) is 0 Å². The fourth-order valence-corrected chi connectivity index (χ4v) is 2.72. The zero-order valence-corrected chi connectivity index (χ0v) is 14.6. The molecule has 1 N–H and O–H groups in total. The zero-order chi connectivity index (χ0) is 15.4. The van der Waals surface area contributed by atoms with E-state index in [-0.39, 0.29) is 11.1 Å². The van der Waals surface area contributed by atoms with Gasteiger partial charge in [0.05, 0.1) is 11.1 Å². The highest BCUT2D eigenvalue weighted by Gasteiger charge is 2.20. The van der Waals surface area contributed by atoms with Crippen LogP contribution in [0.4, 0.5) is 4.39 Å². The van der Waals surface area contributed by atoms with Crippen molar-refractivity contribution in [2.45, 2.75) is 19.4 Å². The maximum absolute atomic E-state index is 14.5. The lowest BCUT2D eigenvalue weighted by atomic mass is 9.98. The summed E-state index contributed by atoms with van der Waals surface area (Å²) in [7, 11) is 0. The van der Waals surface area contributed by atoms with Gasteiger partial charge in [0, 0.05) is 15.1 Å². The van der Waals surface area contributed by atoms with E-state index in [1.807, 2.05) is 12.1 Å². The van der Waals surface area contributed by atoms with Gasteiger partial charge in [-0.25, -0.2) is 4.39 Å². The highest BCUT2D eigenvalue weighted by molar-refractivity contribution is 9.10. The smallest absolute Gasteiger partial charge is 0.148 e. The van der Waals surface area contributed by atoms with E-state index in [9.17, 15) is 4.39 Å². The summed E-state index contributed by atoms with van der Waals surface area (Å²) < 4.78 is 15.0. The van der Waals surface area contributed by atoms with Crippen molar-refractivity contribution in [1.29, 1.82) is 0 Å². The zero-order valence-electron chi connectivity index (χ0n) is 11.5. The van der Waals surface area contributed by atoms with E-state index in [4.69, 9.17) is 23.2 Å².